The van der Waals surface area contributed by atoms with Gasteiger partial charge < -0.3 is 0 Å². The summed E-state index contributed by atoms with van der Waals surface area (Å²) in [7, 11) is -4.19. The van der Waals surface area contributed by atoms with E-state index < -0.39 is 9.84 Å². The van der Waals surface area contributed by atoms with Crippen molar-refractivity contribution in [3.8, 4) is 45.9 Å². The average molecular weight is 775 g/mol. The topological polar surface area (TPSA) is 34.1 Å². The molecular weight excluding hydrogens is 745 g/mol. The highest BCUT2D eigenvalue weighted by molar-refractivity contribution is 8.01. The van der Waals surface area contributed by atoms with E-state index in [1.807, 2.05) is 122 Å². The lowest BCUT2D eigenvalue weighted by Gasteiger charge is -2.13. The van der Waals surface area contributed by atoms with Gasteiger partial charge in [-0.3, -0.25) is 0 Å². The van der Waals surface area contributed by atoms with Crippen molar-refractivity contribution in [2.75, 3.05) is 12.5 Å². The van der Waals surface area contributed by atoms with E-state index in [4.69, 9.17) is 0 Å². The van der Waals surface area contributed by atoms with Crippen LogP contribution in [-0.4, -0.2) is 20.9 Å². The molecule has 0 unspecified atom stereocenters. The van der Waals surface area contributed by atoms with Crippen LogP contribution >= 0.6 is 46.2 Å². The van der Waals surface area contributed by atoms with E-state index >= 15 is 8.42 Å². The van der Waals surface area contributed by atoms with Crippen LogP contribution in [0.3, 0.4) is 0 Å². The van der Waals surface area contributed by atoms with Gasteiger partial charge in [0.25, 0.3) is 0 Å². The molecule has 0 fully saturated rings. The zero-order chi connectivity index (χ0) is 36.4. The molecule has 6 aromatic carbocycles. The summed E-state index contributed by atoms with van der Waals surface area (Å²) in [6, 6.07) is 47.3. The molecule has 0 atom stereocenters. The molecule has 53 heavy (non-hydrogen) atoms. The molecule has 0 N–H and O–H groups in total. The van der Waals surface area contributed by atoms with E-state index in [2.05, 4.69) is 47.9 Å². The van der Waals surface area contributed by atoms with Crippen molar-refractivity contribution in [2.45, 2.75) is 18.2 Å². The number of hydrogen-bond acceptors (Lipinski definition) is 6. The average Bonchev–Trinajstić information content (AvgIpc) is 3.78. The van der Waals surface area contributed by atoms with Crippen LogP contribution in [0.25, 0.3) is 42.4 Å². The van der Waals surface area contributed by atoms with Crippen LogP contribution in [0.15, 0.2) is 164 Å². The SMILES string of the molecule is CSc1sc2cc(C#Cc3ccccc3)cc(S(=O)(=O)c3cc(C#Cc4ccccc4)cc4sc(SC)c(-c5ccccc5)c34)c2c1-c1ccccc1. The number of sulfone groups is 1. The van der Waals surface area contributed by atoms with E-state index in [0.717, 1.165) is 51.2 Å². The maximum absolute atomic E-state index is 15.8. The maximum Gasteiger partial charge on any atom is 0.208 e. The first-order chi connectivity index (χ1) is 25.9. The highest BCUT2D eigenvalue weighted by Crippen LogP contribution is 2.50. The zero-order valence-electron chi connectivity index (χ0n) is 28.7. The van der Waals surface area contributed by atoms with Gasteiger partial charge in [-0.15, -0.1) is 46.2 Å². The molecule has 0 bridgehead atoms. The van der Waals surface area contributed by atoms with E-state index in [1.54, 1.807) is 58.3 Å². The van der Waals surface area contributed by atoms with Gasteiger partial charge in [0.05, 0.1) is 18.2 Å². The molecule has 0 aliphatic carbocycles. The Hall–Kier alpha value is -4.99. The molecule has 0 aliphatic rings. The van der Waals surface area contributed by atoms with Gasteiger partial charge in [-0.25, -0.2) is 8.42 Å². The molecule has 2 nitrogen and oxygen atoms in total. The Bertz CT molecular complexity index is 2660. The van der Waals surface area contributed by atoms with Gasteiger partial charge >= 0.3 is 0 Å². The minimum atomic E-state index is -4.19. The Kier molecular flexibility index (Phi) is 10.0. The predicted octanol–water partition coefficient (Wildman–Crippen LogP) is 12.5. The first-order valence-corrected chi connectivity index (χ1v) is 22.3. The highest BCUT2D eigenvalue weighted by atomic mass is 32.2. The van der Waals surface area contributed by atoms with Crippen LogP contribution in [0.4, 0.5) is 0 Å². The Morgan fingerprint density at radius 2 is 0.792 bits per heavy atom. The van der Waals surface area contributed by atoms with Crippen molar-refractivity contribution in [1.82, 2.24) is 0 Å². The van der Waals surface area contributed by atoms with Crippen LogP contribution in [0, 0.1) is 23.7 Å². The largest absolute Gasteiger partial charge is 0.218 e. The third kappa shape index (κ3) is 6.96. The van der Waals surface area contributed by atoms with Gasteiger partial charge in [-0.2, -0.15) is 0 Å². The van der Waals surface area contributed by atoms with E-state index in [0.29, 0.717) is 21.9 Å². The van der Waals surface area contributed by atoms with Crippen molar-refractivity contribution >= 4 is 76.2 Å². The van der Waals surface area contributed by atoms with Crippen LogP contribution in [0.5, 0.6) is 0 Å². The Balaban J connectivity index is 1.46. The van der Waals surface area contributed by atoms with Gasteiger partial charge in [0.1, 0.15) is 0 Å². The lowest BCUT2D eigenvalue weighted by Crippen LogP contribution is -2.05. The normalized spacial score (nSPS) is 11.2. The Labute approximate surface area is 326 Å². The fraction of sp³-hybridized carbons (Fsp3) is 0.0435. The van der Waals surface area contributed by atoms with Gasteiger partial charge in [0, 0.05) is 53.6 Å². The summed E-state index contributed by atoms with van der Waals surface area (Å²) in [5, 5.41) is 1.43. The van der Waals surface area contributed by atoms with Crippen LogP contribution in [-0.2, 0) is 9.84 Å². The predicted molar refractivity (Wildman–Crippen MR) is 228 cm³/mol. The van der Waals surface area contributed by atoms with Crippen molar-refractivity contribution in [2.24, 2.45) is 0 Å². The lowest BCUT2D eigenvalue weighted by molar-refractivity contribution is 0.598. The van der Waals surface area contributed by atoms with Crippen molar-refractivity contribution in [3.63, 3.8) is 0 Å². The molecule has 0 saturated carbocycles. The second-order valence-electron chi connectivity index (χ2n) is 12.1. The first-order valence-electron chi connectivity index (χ1n) is 16.7. The Morgan fingerprint density at radius 3 is 1.15 bits per heavy atom. The number of fused-ring (bicyclic) bond motifs is 2. The third-order valence-corrected chi connectivity index (χ3v) is 15.1. The highest BCUT2D eigenvalue weighted by Gasteiger charge is 2.31. The molecule has 0 saturated heterocycles. The number of hydrogen-bond donors (Lipinski definition) is 0. The van der Waals surface area contributed by atoms with E-state index in [1.165, 1.54) is 0 Å². The second kappa shape index (κ2) is 15.2. The number of thioether (sulfide) groups is 2. The zero-order valence-corrected chi connectivity index (χ0v) is 32.8. The third-order valence-electron chi connectivity index (χ3n) is 8.77. The summed E-state index contributed by atoms with van der Waals surface area (Å²) in [4.78, 5) is 0.487. The van der Waals surface area contributed by atoms with Gasteiger partial charge in [-0.05, 0) is 72.2 Å². The summed E-state index contributed by atoms with van der Waals surface area (Å²) in [5.74, 6) is 13.1. The summed E-state index contributed by atoms with van der Waals surface area (Å²) in [6.45, 7) is 0. The molecule has 7 heteroatoms. The van der Waals surface area contributed by atoms with Crippen LogP contribution < -0.4 is 0 Å². The minimum absolute atomic E-state index is 0.244. The van der Waals surface area contributed by atoms with Crippen molar-refractivity contribution in [3.05, 3.63) is 168 Å². The van der Waals surface area contributed by atoms with Gasteiger partial charge in [-0.1, -0.05) is 121 Å². The molecule has 0 radical (unpaired) electrons. The monoisotopic (exact) mass is 774 g/mol. The summed E-state index contributed by atoms with van der Waals surface area (Å²) >= 11 is 6.48. The molecule has 8 rings (SSSR count). The summed E-state index contributed by atoms with van der Waals surface area (Å²) < 4.78 is 35.4. The second-order valence-corrected chi connectivity index (χ2v) is 18.2. The molecular formula is C46H30O2S5. The maximum atomic E-state index is 15.8. The summed E-state index contributed by atoms with van der Waals surface area (Å²) in [5.41, 5.74) is 6.80. The fourth-order valence-electron chi connectivity index (χ4n) is 6.38. The van der Waals surface area contributed by atoms with Crippen LogP contribution in [0.1, 0.15) is 22.3 Å². The molecule has 2 heterocycles. The standard InChI is InChI=1S/C46H30O2S5/c1-49-45-41(35-19-11-5-12-20-35)43-37(51-45)27-33(25-23-31-15-7-3-8-16-31)29-39(43)53(47,48)40-30-34(26-24-32-17-9-4-10-18-32)28-38-44(40)42(46(50-2)52-38)36-21-13-6-14-22-36/h3-22,27-30H,1-2H3. The number of thiophene rings is 2. The van der Waals surface area contributed by atoms with E-state index in [-0.39, 0.29) is 9.79 Å². The smallest absolute Gasteiger partial charge is 0.208 e. The molecule has 0 spiro atoms. The quantitative estimate of drug-likeness (QED) is 0.124. The van der Waals surface area contributed by atoms with Crippen molar-refractivity contribution in [1.29, 1.82) is 0 Å². The minimum Gasteiger partial charge on any atom is -0.218 e. The fourth-order valence-corrected chi connectivity index (χ4v) is 12.4. The van der Waals surface area contributed by atoms with E-state index in [9.17, 15) is 0 Å². The van der Waals surface area contributed by atoms with Crippen molar-refractivity contribution < 1.29 is 8.42 Å². The number of benzene rings is 6. The van der Waals surface area contributed by atoms with Crippen LogP contribution in [0.2, 0.25) is 0 Å². The molecule has 256 valence electrons. The molecule has 8 aromatic rings. The van der Waals surface area contributed by atoms with Gasteiger partial charge in [0.2, 0.25) is 9.84 Å². The lowest BCUT2D eigenvalue weighted by atomic mass is 10.0. The number of rotatable bonds is 6. The summed E-state index contributed by atoms with van der Waals surface area (Å²) in [6.07, 6.45) is 4.09. The molecule has 0 amide bonds. The molecule has 2 aromatic heterocycles. The Morgan fingerprint density at radius 1 is 0.453 bits per heavy atom. The molecule has 0 aliphatic heterocycles. The first kappa shape index (κ1) is 35.1. The van der Waals surface area contributed by atoms with Gasteiger partial charge in [0.15, 0.2) is 0 Å².